The molecule has 0 radical (unpaired) electrons. The van der Waals surface area contributed by atoms with Crippen LogP contribution in [0.25, 0.3) is 0 Å². The van der Waals surface area contributed by atoms with Gasteiger partial charge < -0.3 is 15.5 Å². The van der Waals surface area contributed by atoms with Gasteiger partial charge in [0.2, 0.25) is 5.91 Å². The van der Waals surface area contributed by atoms with E-state index in [4.69, 9.17) is 10.2 Å². The number of hydrogen-bond acceptors (Lipinski definition) is 3. The molecule has 5 heteroatoms. The zero-order chi connectivity index (χ0) is 12.1. The average molecular weight is 232 g/mol. The Morgan fingerprint density at radius 3 is 2.33 bits per heavy atom. The summed E-state index contributed by atoms with van der Waals surface area (Å²) in [5, 5.41) is 2.90. The molecule has 15 heavy (non-hydrogen) atoms. The summed E-state index contributed by atoms with van der Waals surface area (Å²) in [6, 6.07) is 0. The van der Waals surface area contributed by atoms with Gasteiger partial charge in [-0.15, -0.1) is 0 Å². The molecule has 0 bridgehead atoms. The number of nitrogens with two attached hydrogens (primary N) is 1. The van der Waals surface area contributed by atoms with E-state index >= 15 is 0 Å². The second-order valence-electron chi connectivity index (χ2n) is 5.16. The molecule has 0 saturated heterocycles. The van der Waals surface area contributed by atoms with E-state index in [2.05, 4.69) is 39.2 Å². The molecular formula is C10H24N2O2Si. The van der Waals surface area contributed by atoms with Crippen LogP contribution in [0.1, 0.15) is 20.8 Å². The third kappa shape index (κ3) is 5.29. The molecule has 0 aromatic rings. The van der Waals surface area contributed by atoms with E-state index < -0.39 is 8.32 Å². The molecular weight excluding hydrogens is 208 g/mol. The number of amides is 1. The van der Waals surface area contributed by atoms with Crippen LogP contribution in [0, 0.1) is 0 Å². The molecule has 0 unspecified atom stereocenters. The lowest BCUT2D eigenvalue weighted by atomic mass is 10.2. The Bertz CT molecular complexity index is 212. The zero-order valence-corrected chi connectivity index (χ0v) is 11.5. The SMILES string of the molecule is CC(C)(C)[Si](C)(C)OCCNC(=O)CN. The van der Waals surface area contributed by atoms with Crippen molar-refractivity contribution in [3.05, 3.63) is 0 Å². The smallest absolute Gasteiger partial charge is 0.233 e. The summed E-state index contributed by atoms with van der Waals surface area (Å²) in [6.45, 7) is 12.1. The fourth-order valence-corrected chi connectivity index (χ4v) is 1.83. The molecule has 0 aliphatic heterocycles. The van der Waals surface area contributed by atoms with E-state index in [0.717, 1.165) is 0 Å². The Morgan fingerprint density at radius 2 is 1.93 bits per heavy atom. The van der Waals surface area contributed by atoms with Crippen molar-refractivity contribution >= 4 is 14.2 Å². The van der Waals surface area contributed by atoms with Gasteiger partial charge in [0.05, 0.1) is 13.2 Å². The highest BCUT2D eigenvalue weighted by Crippen LogP contribution is 2.36. The van der Waals surface area contributed by atoms with Gasteiger partial charge in [0.25, 0.3) is 0 Å². The van der Waals surface area contributed by atoms with Crippen molar-refractivity contribution in [3.8, 4) is 0 Å². The van der Waals surface area contributed by atoms with Crippen LogP contribution in [0.3, 0.4) is 0 Å². The van der Waals surface area contributed by atoms with Gasteiger partial charge in [0, 0.05) is 6.54 Å². The topological polar surface area (TPSA) is 64.3 Å². The van der Waals surface area contributed by atoms with Crippen LogP contribution < -0.4 is 11.1 Å². The maximum atomic E-state index is 10.9. The Hall–Kier alpha value is -0.393. The van der Waals surface area contributed by atoms with E-state index in [0.29, 0.717) is 13.2 Å². The molecule has 4 nitrogen and oxygen atoms in total. The van der Waals surface area contributed by atoms with Gasteiger partial charge in [0.1, 0.15) is 0 Å². The fourth-order valence-electron chi connectivity index (χ4n) is 0.785. The van der Waals surface area contributed by atoms with Crippen molar-refractivity contribution in [1.82, 2.24) is 5.32 Å². The summed E-state index contributed by atoms with van der Waals surface area (Å²) in [4.78, 5) is 10.9. The van der Waals surface area contributed by atoms with E-state index in [9.17, 15) is 4.79 Å². The number of carbonyl (C=O) groups is 1. The Kier molecular flexibility index (Phi) is 5.48. The van der Waals surface area contributed by atoms with Crippen molar-refractivity contribution in [1.29, 1.82) is 0 Å². The maximum absolute atomic E-state index is 10.9. The number of nitrogens with one attached hydrogen (secondary N) is 1. The van der Waals surface area contributed by atoms with Gasteiger partial charge in [-0.3, -0.25) is 4.79 Å². The third-order valence-corrected chi connectivity index (χ3v) is 7.42. The van der Waals surface area contributed by atoms with Crippen LogP contribution in [-0.4, -0.2) is 33.9 Å². The lowest BCUT2D eigenvalue weighted by Gasteiger charge is -2.36. The van der Waals surface area contributed by atoms with Crippen molar-refractivity contribution in [2.24, 2.45) is 5.73 Å². The highest BCUT2D eigenvalue weighted by atomic mass is 28.4. The van der Waals surface area contributed by atoms with Crippen LogP contribution in [-0.2, 0) is 9.22 Å². The van der Waals surface area contributed by atoms with Gasteiger partial charge in [-0.2, -0.15) is 0 Å². The molecule has 0 aliphatic rings. The predicted octanol–water partition coefficient (Wildman–Crippen LogP) is 1.08. The Labute approximate surface area is 93.7 Å². The summed E-state index contributed by atoms with van der Waals surface area (Å²) in [5.41, 5.74) is 5.17. The predicted molar refractivity (Wildman–Crippen MR) is 65.2 cm³/mol. The first kappa shape index (κ1) is 14.6. The monoisotopic (exact) mass is 232 g/mol. The number of rotatable bonds is 5. The number of carbonyl (C=O) groups excluding carboxylic acids is 1. The molecule has 90 valence electrons. The first-order valence-electron chi connectivity index (χ1n) is 5.31. The van der Waals surface area contributed by atoms with Crippen molar-refractivity contribution < 1.29 is 9.22 Å². The maximum Gasteiger partial charge on any atom is 0.233 e. The lowest BCUT2D eigenvalue weighted by molar-refractivity contribution is -0.119. The van der Waals surface area contributed by atoms with Gasteiger partial charge in [0.15, 0.2) is 8.32 Å². The summed E-state index contributed by atoms with van der Waals surface area (Å²) in [6.07, 6.45) is 0. The van der Waals surface area contributed by atoms with Gasteiger partial charge in [-0.1, -0.05) is 20.8 Å². The third-order valence-electron chi connectivity index (χ3n) is 2.88. The number of hydrogen-bond donors (Lipinski definition) is 2. The molecule has 0 aromatic heterocycles. The van der Waals surface area contributed by atoms with Crippen LogP contribution in [0.5, 0.6) is 0 Å². The standard InChI is InChI=1S/C10H24N2O2Si/c1-10(2,3)15(4,5)14-7-6-12-9(13)8-11/h6-8,11H2,1-5H3,(H,12,13). The minimum absolute atomic E-state index is 0.0418. The fraction of sp³-hybridized carbons (Fsp3) is 0.900. The van der Waals surface area contributed by atoms with Crippen molar-refractivity contribution in [3.63, 3.8) is 0 Å². The summed E-state index contributed by atoms with van der Waals surface area (Å²) in [7, 11) is -1.67. The lowest BCUT2D eigenvalue weighted by Crippen LogP contribution is -2.43. The second-order valence-corrected chi connectivity index (χ2v) is 9.97. The van der Waals surface area contributed by atoms with E-state index in [1.54, 1.807) is 0 Å². The van der Waals surface area contributed by atoms with Crippen LogP contribution in [0.15, 0.2) is 0 Å². The van der Waals surface area contributed by atoms with Crippen molar-refractivity contribution in [2.45, 2.75) is 38.9 Å². The van der Waals surface area contributed by atoms with E-state index in [-0.39, 0.29) is 17.5 Å². The van der Waals surface area contributed by atoms with Crippen LogP contribution in [0.4, 0.5) is 0 Å². The molecule has 1 amide bonds. The molecule has 0 saturated carbocycles. The molecule has 3 N–H and O–H groups in total. The normalized spacial score (nSPS) is 12.7. The first-order valence-corrected chi connectivity index (χ1v) is 8.22. The second kappa shape index (κ2) is 5.63. The molecule has 0 heterocycles. The van der Waals surface area contributed by atoms with Gasteiger partial charge in [-0.25, -0.2) is 0 Å². The Balaban J connectivity index is 3.82. The van der Waals surface area contributed by atoms with E-state index in [1.807, 2.05) is 0 Å². The summed E-state index contributed by atoms with van der Waals surface area (Å²) >= 11 is 0. The average Bonchev–Trinajstić information content (AvgIpc) is 2.10. The highest BCUT2D eigenvalue weighted by Gasteiger charge is 2.36. The quantitative estimate of drug-likeness (QED) is 0.551. The Morgan fingerprint density at radius 1 is 1.40 bits per heavy atom. The largest absolute Gasteiger partial charge is 0.415 e. The molecule has 0 rings (SSSR count). The minimum atomic E-state index is -1.67. The molecule has 0 spiro atoms. The zero-order valence-electron chi connectivity index (χ0n) is 10.5. The van der Waals surface area contributed by atoms with Gasteiger partial charge in [-0.05, 0) is 18.1 Å². The molecule has 0 fully saturated rings. The summed E-state index contributed by atoms with van der Waals surface area (Å²) < 4.78 is 5.87. The first-order chi connectivity index (χ1) is 6.70. The molecule has 0 aliphatic carbocycles. The van der Waals surface area contributed by atoms with Crippen LogP contribution in [0.2, 0.25) is 18.1 Å². The highest BCUT2D eigenvalue weighted by molar-refractivity contribution is 6.74. The summed E-state index contributed by atoms with van der Waals surface area (Å²) in [5.74, 6) is -0.131. The van der Waals surface area contributed by atoms with Crippen LogP contribution >= 0.6 is 0 Å². The van der Waals surface area contributed by atoms with E-state index in [1.165, 1.54) is 0 Å². The minimum Gasteiger partial charge on any atom is -0.415 e. The molecule has 0 atom stereocenters. The van der Waals surface area contributed by atoms with Crippen molar-refractivity contribution in [2.75, 3.05) is 19.7 Å². The van der Waals surface area contributed by atoms with Gasteiger partial charge >= 0.3 is 0 Å². The molecule has 0 aromatic carbocycles.